The number of aromatic amines is 1. The van der Waals surface area contributed by atoms with Gasteiger partial charge in [-0.05, 0) is 25.1 Å². The molecule has 0 aliphatic rings. The average molecular weight is 307 g/mol. The van der Waals surface area contributed by atoms with E-state index in [-0.39, 0.29) is 11.3 Å². The highest BCUT2D eigenvalue weighted by molar-refractivity contribution is 6.05. The number of nitrogens with one attached hydrogen (secondary N) is 2. The lowest BCUT2D eigenvalue weighted by atomic mass is 10.1. The van der Waals surface area contributed by atoms with Crippen LogP contribution in [0.15, 0.2) is 58.7 Å². The van der Waals surface area contributed by atoms with E-state index >= 15 is 0 Å². The van der Waals surface area contributed by atoms with Gasteiger partial charge in [-0.25, -0.2) is 10.5 Å². The van der Waals surface area contributed by atoms with Gasteiger partial charge in [0.25, 0.3) is 11.5 Å². The van der Waals surface area contributed by atoms with Crippen LogP contribution in [0.25, 0.3) is 10.8 Å². The van der Waals surface area contributed by atoms with Crippen LogP contribution in [0, 0.1) is 0 Å². The Balaban J connectivity index is 1.90. The van der Waals surface area contributed by atoms with Gasteiger partial charge in [0.15, 0.2) is 5.69 Å². The molecule has 0 radical (unpaired) electrons. The molecule has 2 N–H and O–H groups in total. The Morgan fingerprint density at radius 3 is 2.57 bits per heavy atom. The van der Waals surface area contributed by atoms with Gasteiger partial charge in [-0.15, -0.1) is 0 Å². The van der Waals surface area contributed by atoms with Crippen molar-refractivity contribution in [1.29, 1.82) is 0 Å². The van der Waals surface area contributed by atoms with Crippen molar-refractivity contribution in [1.82, 2.24) is 20.6 Å². The van der Waals surface area contributed by atoms with Crippen LogP contribution >= 0.6 is 0 Å². The number of fused-ring (bicyclic) bond motifs is 1. The number of hydrogen-bond acceptors (Lipinski definition) is 5. The Morgan fingerprint density at radius 2 is 1.83 bits per heavy atom. The minimum atomic E-state index is -0.495. The number of H-pyrrole nitrogens is 1. The smallest absolute Gasteiger partial charge is 0.267 e. The number of amides is 1. The molecule has 2 aromatic heterocycles. The fraction of sp³-hybridized carbons (Fsp3) is 0.0625. The van der Waals surface area contributed by atoms with Crippen molar-refractivity contribution < 1.29 is 4.79 Å². The second kappa shape index (κ2) is 6.18. The number of pyridine rings is 1. The first-order valence-corrected chi connectivity index (χ1v) is 6.89. The molecule has 7 nitrogen and oxygen atoms in total. The average Bonchev–Trinajstić information content (AvgIpc) is 2.60. The number of carbonyl (C=O) groups is 1. The van der Waals surface area contributed by atoms with Crippen LogP contribution in [-0.2, 0) is 0 Å². The molecule has 0 spiro atoms. The highest BCUT2D eigenvalue weighted by atomic mass is 16.2. The standard InChI is InChI=1S/C16H13N5O2/c1-10(11-6-8-17-9-7-11)18-21-16(23)14-12-4-2-3-5-13(12)15(22)20-19-14/h2-9H,1H3,(H,20,22)(H,21,23). The van der Waals surface area contributed by atoms with Crippen molar-refractivity contribution >= 4 is 22.4 Å². The molecule has 0 atom stereocenters. The fourth-order valence-electron chi connectivity index (χ4n) is 2.13. The summed E-state index contributed by atoms with van der Waals surface area (Å²) in [5, 5.41) is 11.1. The Labute approximate surface area is 131 Å². The Hall–Kier alpha value is -3.35. The molecule has 0 fully saturated rings. The molecule has 0 saturated heterocycles. The number of hydrogen-bond donors (Lipinski definition) is 2. The largest absolute Gasteiger partial charge is 0.292 e. The fourth-order valence-corrected chi connectivity index (χ4v) is 2.13. The first kappa shape index (κ1) is 14.6. The van der Waals surface area contributed by atoms with E-state index in [1.165, 1.54) is 0 Å². The maximum atomic E-state index is 12.3. The third-order valence-corrected chi connectivity index (χ3v) is 3.33. The molecule has 7 heteroatoms. The van der Waals surface area contributed by atoms with E-state index in [4.69, 9.17) is 0 Å². The quantitative estimate of drug-likeness (QED) is 0.565. The molecule has 0 aliphatic carbocycles. The molecule has 0 saturated carbocycles. The van der Waals surface area contributed by atoms with Crippen LogP contribution in [0.1, 0.15) is 23.0 Å². The zero-order chi connectivity index (χ0) is 16.2. The third-order valence-electron chi connectivity index (χ3n) is 3.33. The number of carbonyl (C=O) groups excluding carboxylic acids is 1. The Morgan fingerprint density at radius 1 is 1.13 bits per heavy atom. The molecule has 23 heavy (non-hydrogen) atoms. The molecule has 1 amide bonds. The molecule has 3 aromatic rings. The summed E-state index contributed by atoms with van der Waals surface area (Å²) < 4.78 is 0. The van der Waals surface area contributed by atoms with Crippen LogP contribution in [-0.4, -0.2) is 26.8 Å². The van der Waals surface area contributed by atoms with E-state index in [2.05, 4.69) is 25.7 Å². The van der Waals surface area contributed by atoms with Gasteiger partial charge < -0.3 is 0 Å². The first-order valence-electron chi connectivity index (χ1n) is 6.89. The van der Waals surface area contributed by atoms with Crippen LogP contribution in [0.4, 0.5) is 0 Å². The Kier molecular flexibility index (Phi) is 3.92. The van der Waals surface area contributed by atoms with Crippen molar-refractivity contribution in [3.8, 4) is 0 Å². The molecule has 0 aliphatic heterocycles. The van der Waals surface area contributed by atoms with Gasteiger partial charge in [-0.3, -0.25) is 14.6 Å². The zero-order valence-electron chi connectivity index (χ0n) is 12.3. The van der Waals surface area contributed by atoms with E-state index in [1.54, 1.807) is 55.7 Å². The lowest BCUT2D eigenvalue weighted by molar-refractivity contribution is 0.0950. The zero-order valence-corrected chi connectivity index (χ0v) is 12.3. The van der Waals surface area contributed by atoms with Crippen LogP contribution in [0.5, 0.6) is 0 Å². The minimum Gasteiger partial charge on any atom is -0.267 e. The van der Waals surface area contributed by atoms with E-state index < -0.39 is 5.91 Å². The van der Waals surface area contributed by atoms with Crippen molar-refractivity contribution in [3.05, 3.63) is 70.4 Å². The number of rotatable bonds is 3. The molecule has 3 rings (SSSR count). The van der Waals surface area contributed by atoms with Gasteiger partial charge in [0.1, 0.15) is 0 Å². The summed E-state index contributed by atoms with van der Waals surface area (Å²) in [4.78, 5) is 27.9. The van der Waals surface area contributed by atoms with E-state index in [9.17, 15) is 9.59 Å². The normalized spacial score (nSPS) is 11.4. The van der Waals surface area contributed by atoms with Crippen LogP contribution in [0.3, 0.4) is 0 Å². The summed E-state index contributed by atoms with van der Waals surface area (Å²) in [6, 6.07) is 10.4. The number of hydrazone groups is 1. The predicted octanol–water partition coefficient (Wildman–Crippen LogP) is 1.47. The number of benzene rings is 1. The summed E-state index contributed by atoms with van der Waals surface area (Å²) in [6.07, 6.45) is 3.29. The third kappa shape index (κ3) is 2.98. The number of aromatic nitrogens is 3. The molecule has 0 bridgehead atoms. The summed E-state index contributed by atoms with van der Waals surface area (Å²) >= 11 is 0. The summed E-state index contributed by atoms with van der Waals surface area (Å²) in [5.74, 6) is -0.495. The van der Waals surface area contributed by atoms with Crippen LogP contribution < -0.4 is 11.0 Å². The first-order chi connectivity index (χ1) is 11.2. The summed E-state index contributed by atoms with van der Waals surface area (Å²) in [7, 11) is 0. The maximum Gasteiger partial charge on any atom is 0.292 e. The Bertz CT molecular complexity index is 947. The maximum absolute atomic E-state index is 12.3. The molecule has 114 valence electrons. The van der Waals surface area contributed by atoms with Crippen LogP contribution in [0.2, 0.25) is 0 Å². The highest BCUT2D eigenvalue weighted by Gasteiger charge is 2.13. The van der Waals surface area contributed by atoms with Crippen molar-refractivity contribution in [2.24, 2.45) is 5.10 Å². The monoisotopic (exact) mass is 307 g/mol. The molecule has 0 unspecified atom stereocenters. The van der Waals surface area contributed by atoms with Crippen molar-refractivity contribution in [3.63, 3.8) is 0 Å². The second-order valence-electron chi connectivity index (χ2n) is 4.82. The molecule has 2 heterocycles. The van der Waals surface area contributed by atoms with Crippen molar-refractivity contribution in [2.45, 2.75) is 6.92 Å². The lowest BCUT2D eigenvalue weighted by Gasteiger charge is -2.04. The van der Waals surface area contributed by atoms with Gasteiger partial charge in [0, 0.05) is 23.3 Å². The summed E-state index contributed by atoms with van der Waals surface area (Å²) in [6.45, 7) is 1.77. The van der Waals surface area contributed by atoms with E-state index in [0.29, 0.717) is 16.5 Å². The van der Waals surface area contributed by atoms with Gasteiger partial charge in [0.2, 0.25) is 0 Å². The van der Waals surface area contributed by atoms with Crippen molar-refractivity contribution in [2.75, 3.05) is 0 Å². The number of nitrogens with zero attached hydrogens (tertiary/aromatic N) is 3. The van der Waals surface area contributed by atoms with Gasteiger partial charge in [0.05, 0.1) is 11.1 Å². The second-order valence-corrected chi connectivity index (χ2v) is 4.82. The van der Waals surface area contributed by atoms with Gasteiger partial charge in [-0.2, -0.15) is 10.2 Å². The van der Waals surface area contributed by atoms with E-state index in [1.807, 2.05) is 0 Å². The van der Waals surface area contributed by atoms with Gasteiger partial charge in [-0.1, -0.05) is 18.2 Å². The lowest BCUT2D eigenvalue weighted by Crippen LogP contribution is -2.23. The molecular weight excluding hydrogens is 294 g/mol. The van der Waals surface area contributed by atoms with Gasteiger partial charge >= 0.3 is 0 Å². The topological polar surface area (TPSA) is 100 Å². The van der Waals surface area contributed by atoms with E-state index in [0.717, 1.165) is 5.56 Å². The SMILES string of the molecule is CC(=NNC(=O)c1n[nH]c(=O)c2ccccc12)c1ccncc1. The predicted molar refractivity (Wildman–Crippen MR) is 86.3 cm³/mol. The highest BCUT2D eigenvalue weighted by Crippen LogP contribution is 2.12. The molecule has 1 aromatic carbocycles. The molecular formula is C16H13N5O2. The minimum absolute atomic E-state index is 0.117. The summed E-state index contributed by atoms with van der Waals surface area (Å²) in [5.41, 5.74) is 3.71.